The lowest BCUT2D eigenvalue weighted by atomic mass is 10.0. The van der Waals surface area contributed by atoms with Crippen LogP contribution in [0.2, 0.25) is 0 Å². The van der Waals surface area contributed by atoms with Crippen LogP contribution < -0.4 is 5.73 Å². The molecule has 0 amide bonds. The topological polar surface area (TPSA) is 80.5 Å². The molecular formula is C11H8FN5S. The van der Waals surface area contributed by atoms with Crippen LogP contribution in [0.4, 0.5) is 10.1 Å². The van der Waals surface area contributed by atoms with Gasteiger partial charge in [0.2, 0.25) is 5.82 Å². The Kier molecular flexibility index (Phi) is 2.52. The smallest absolute Gasteiger partial charge is 0.215 e. The number of halogens is 1. The van der Waals surface area contributed by atoms with E-state index in [9.17, 15) is 4.39 Å². The highest BCUT2D eigenvalue weighted by atomic mass is 32.1. The summed E-state index contributed by atoms with van der Waals surface area (Å²) < 4.78 is 13.9. The second kappa shape index (κ2) is 4.19. The van der Waals surface area contributed by atoms with E-state index in [1.54, 1.807) is 18.2 Å². The van der Waals surface area contributed by atoms with E-state index in [1.807, 2.05) is 5.38 Å². The molecule has 7 heteroatoms. The van der Waals surface area contributed by atoms with Crippen LogP contribution in [0.15, 0.2) is 29.6 Å². The Labute approximate surface area is 105 Å². The van der Waals surface area contributed by atoms with Gasteiger partial charge in [-0.05, 0) is 28.8 Å². The maximum atomic E-state index is 13.9. The Hall–Kier alpha value is -2.28. The highest BCUT2D eigenvalue weighted by Crippen LogP contribution is 2.38. The van der Waals surface area contributed by atoms with Crippen LogP contribution in [0, 0.1) is 5.82 Å². The summed E-state index contributed by atoms with van der Waals surface area (Å²) in [5.74, 6) is 0.0702. The molecule has 3 rings (SSSR count). The minimum Gasteiger partial charge on any atom is -0.398 e. The molecule has 0 atom stereocenters. The largest absolute Gasteiger partial charge is 0.398 e. The van der Waals surface area contributed by atoms with Crippen molar-refractivity contribution in [1.29, 1.82) is 0 Å². The van der Waals surface area contributed by atoms with Crippen LogP contribution in [0.3, 0.4) is 0 Å². The maximum Gasteiger partial charge on any atom is 0.215 e. The number of nitrogen functional groups attached to an aromatic ring is 1. The molecule has 0 aliphatic rings. The van der Waals surface area contributed by atoms with Crippen LogP contribution in [-0.2, 0) is 0 Å². The number of hydrogen-bond acceptors (Lipinski definition) is 5. The molecule has 18 heavy (non-hydrogen) atoms. The van der Waals surface area contributed by atoms with Gasteiger partial charge in [0, 0.05) is 16.8 Å². The van der Waals surface area contributed by atoms with Crippen LogP contribution in [-0.4, -0.2) is 20.6 Å². The van der Waals surface area contributed by atoms with Crippen molar-refractivity contribution in [3.8, 4) is 21.8 Å². The van der Waals surface area contributed by atoms with Crippen LogP contribution >= 0.6 is 11.3 Å². The molecule has 0 spiro atoms. The first-order chi connectivity index (χ1) is 8.77. The summed E-state index contributed by atoms with van der Waals surface area (Å²) in [4.78, 5) is 0.737. The lowest BCUT2D eigenvalue weighted by molar-refractivity contribution is 0.632. The number of nitrogens with zero attached hydrogens (tertiary/aromatic N) is 3. The Morgan fingerprint density at radius 2 is 2.17 bits per heavy atom. The molecule has 3 N–H and O–H groups in total. The molecule has 0 unspecified atom stereocenters. The van der Waals surface area contributed by atoms with Gasteiger partial charge in [0.15, 0.2) is 0 Å². The fourth-order valence-corrected chi connectivity index (χ4v) is 2.59. The lowest BCUT2D eigenvalue weighted by Gasteiger charge is -2.06. The van der Waals surface area contributed by atoms with Gasteiger partial charge in [-0.2, -0.15) is 5.21 Å². The molecule has 90 valence electrons. The van der Waals surface area contributed by atoms with Gasteiger partial charge in [0.05, 0.1) is 4.88 Å². The number of aromatic nitrogens is 4. The van der Waals surface area contributed by atoms with Crippen molar-refractivity contribution in [2.75, 3.05) is 5.73 Å². The number of tetrazole rings is 1. The monoisotopic (exact) mass is 261 g/mol. The fraction of sp³-hybridized carbons (Fsp3) is 0. The number of H-pyrrole nitrogens is 1. The van der Waals surface area contributed by atoms with E-state index in [0.29, 0.717) is 22.6 Å². The Bertz CT molecular complexity index is 656. The first-order valence-electron chi connectivity index (χ1n) is 5.13. The number of hydrogen-bond donors (Lipinski definition) is 2. The minimum absolute atomic E-state index is 0.363. The highest BCUT2D eigenvalue weighted by Gasteiger charge is 2.17. The second-order valence-corrected chi connectivity index (χ2v) is 4.52. The first-order valence-corrected chi connectivity index (χ1v) is 6.01. The molecular weight excluding hydrogens is 253 g/mol. The third kappa shape index (κ3) is 1.65. The van der Waals surface area contributed by atoms with Gasteiger partial charge in [-0.3, -0.25) is 0 Å². The molecule has 5 nitrogen and oxygen atoms in total. The van der Waals surface area contributed by atoms with Crippen molar-refractivity contribution < 1.29 is 4.39 Å². The third-order valence-electron chi connectivity index (χ3n) is 2.53. The summed E-state index contributed by atoms with van der Waals surface area (Å²) in [6.45, 7) is 0. The quantitative estimate of drug-likeness (QED) is 0.694. The maximum absolute atomic E-state index is 13.9. The van der Waals surface area contributed by atoms with Gasteiger partial charge in [0.1, 0.15) is 5.82 Å². The van der Waals surface area contributed by atoms with E-state index in [2.05, 4.69) is 20.6 Å². The Morgan fingerprint density at radius 1 is 1.28 bits per heavy atom. The predicted molar refractivity (Wildman–Crippen MR) is 67.3 cm³/mol. The predicted octanol–water partition coefficient (Wildman–Crippen LogP) is 2.32. The number of benzene rings is 1. The number of aromatic amines is 1. The second-order valence-electron chi connectivity index (χ2n) is 3.60. The van der Waals surface area contributed by atoms with Gasteiger partial charge in [-0.25, -0.2) is 4.39 Å². The van der Waals surface area contributed by atoms with Gasteiger partial charge >= 0.3 is 0 Å². The highest BCUT2D eigenvalue weighted by molar-refractivity contribution is 7.14. The van der Waals surface area contributed by atoms with Crippen LogP contribution in [0.1, 0.15) is 0 Å². The molecule has 0 saturated heterocycles. The Balaban J connectivity index is 2.22. The van der Waals surface area contributed by atoms with Crippen molar-refractivity contribution in [3.05, 3.63) is 35.5 Å². The van der Waals surface area contributed by atoms with Crippen LogP contribution in [0.25, 0.3) is 21.8 Å². The molecule has 0 aliphatic carbocycles. The minimum atomic E-state index is -0.363. The summed E-state index contributed by atoms with van der Waals surface area (Å²) in [7, 11) is 0. The molecule has 0 aliphatic heterocycles. The van der Waals surface area contributed by atoms with E-state index in [4.69, 9.17) is 5.73 Å². The lowest BCUT2D eigenvalue weighted by Crippen LogP contribution is -1.93. The normalized spacial score (nSPS) is 10.7. The average Bonchev–Trinajstić information content (AvgIpc) is 2.98. The Morgan fingerprint density at radius 3 is 2.89 bits per heavy atom. The van der Waals surface area contributed by atoms with E-state index < -0.39 is 0 Å². The summed E-state index contributed by atoms with van der Waals surface area (Å²) in [5, 5.41) is 15.5. The van der Waals surface area contributed by atoms with Gasteiger partial charge < -0.3 is 5.73 Å². The zero-order valence-electron chi connectivity index (χ0n) is 9.09. The van der Waals surface area contributed by atoms with E-state index >= 15 is 0 Å². The molecule has 3 aromatic rings. The zero-order valence-corrected chi connectivity index (χ0v) is 9.91. The number of thiophene rings is 1. The molecule has 0 saturated carbocycles. The molecule has 2 heterocycles. The number of rotatable bonds is 2. The standard InChI is InChI=1S/C11H8FN5S/c12-7-2-1-3-8(13)9(7)6-4-5-18-10(6)11-14-16-17-15-11/h1-5H,13H2,(H,14,15,16,17). The molecule has 2 aromatic heterocycles. The van der Waals surface area contributed by atoms with Crippen LogP contribution in [0.5, 0.6) is 0 Å². The number of nitrogens with one attached hydrogen (secondary N) is 1. The summed E-state index contributed by atoms with van der Waals surface area (Å²) in [5.41, 5.74) is 7.27. The van der Waals surface area contributed by atoms with Crippen molar-refractivity contribution in [3.63, 3.8) is 0 Å². The molecule has 0 bridgehead atoms. The van der Waals surface area contributed by atoms with Crippen molar-refractivity contribution in [2.45, 2.75) is 0 Å². The number of nitrogens with two attached hydrogens (primary N) is 1. The molecule has 0 fully saturated rings. The fourth-order valence-electron chi connectivity index (χ4n) is 1.76. The van der Waals surface area contributed by atoms with Crippen molar-refractivity contribution in [2.24, 2.45) is 0 Å². The van der Waals surface area contributed by atoms with E-state index in [0.717, 1.165) is 4.88 Å². The number of anilines is 1. The molecule has 0 radical (unpaired) electrons. The van der Waals surface area contributed by atoms with Gasteiger partial charge in [-0.1, -0.05) is 6.07 Å². The van der Waals surface area contributed by atoms with E-state index in [1.165, 1.54) is 17.4 Å². The summed E-state index contributed by atoms with van der Waals surface area (Å²) in [6, 6.07) is 6.42. The van der Waals surface area contributed by atoms with Crippen molar-refractivity contribution >= 4 is 17.0 Å². The van der Waals surface area contributed by atoms with E-state index in [-0.39, 0.29) is 5.82 Å². The SMILES string of the molecule is Nc1cccc(F)c1-c1ccsc1-c1nn[nH]n1. The third-order valence-corrected chi connectivity index (χ3v) is 3.44. The summed E-state index contributed by atoms with van der Waals surface area (Å²) in [6.07, 6.45) is 0. The summed E-state index contributed by atoms with van der Waals surface area (Å²) >= 11 is 1.41. The van der Waals surface area contributed by atoms with Gasteiger partial charge in [0.25, 0.3) is 0 Å². The first kappa shape index (κ1) is 10.8. The molecule has 1 aromatic carbocycles. The average molecular weight is 261 g/mol. The van der Waals surface area contributed by atoms with Crippen molar-refractivity contribution in [1.82, 2.24) is 20.6 Å². The van der Waals surface area contributed by atoms with Gasteiger partial charge in [-0.15, -0.1) is 21.5 Å². The zero-order chi connectivity index (χ0) is 12.5.